The van der Waals surface area contributed by atoms with Crippen molar-refractivity contribution in [3.63, 3.8) is 0 Å². The monoisotopic (exact) mass is 581 g/mol. The number of carboxylic acid groups (broad SMARTS) is 2. The molecule has 0 aliphatic heterocycles. The van der Waals surface area contributed by atoms with Gasteiger partial charge in [0.1, 0.15) is 0 Å². The average molecular weight is 581 g/mol. The fourth-order valence-electron chi connectivity index (χ4n) is 6.94. The molecule has 4 heteroatoms. The summed E-state index contributed by atoms with van der Waals surface area (Å²) in [4.78, 5) is 23.2. The molecular formula is C37H72O4. The van der Waals surface area contributed by atoms with Gasteiger partial charge in [-0.15, -0.1) is 0 Å². The number of unbranched alkanes of at least 4 members (excludes halogenated alkanes) is 14. The van der Waals surface area contributed by atoms with E-state index in [1.165, 1.54) is 116 Å². The van der Waals surface area contributed by atoms with Crippen LogP contribution < -0.4 is 0 Å². The van der Waals surface area contributed by atoms with Crippen molar-refractivity contribution in [3.8, 4) is 0 Å². The quantitative estimate of drug-likeness (QED) is 0.0800. The fourth-order valence-corrected chi connectivity index (χ4v) is 6.94. The smallest absolute Gasteiger partial charge is 0.307 e. The van der Waals surface area contributed by atoms with Crippen molar-refractivity contribution in [3.05, 3.63) is 0 Å². The van der Waals surface area contributed by atoms with Crippen molar-refractivity contribution in [1.29, 1.82) is 0 Å². The van der Waals surface area contributed by atoms with Gasteiger partial charge >= 0.3 is 11.9 Å². The van der Waals surface area contributed by atoms with Gasteiger partial charge in [0.05, 0.1) is 5.92 Å². The van der Waals surface area contributed by atoms with Crippen molar-refractivity contribution in [2.45, 2.75) is 202 Å². The van der Waals surface area contributed by atoms with Gasteiger partial charge in [0.15, 0.2) is 0 Å². The van der Waals surface area contributed by atoms with Crippen LogP contribution in [0.2, 0.25) is 0 Å². The van der Waals surface area contributed by atoms with Crippen molar-refractivity contribution in [2.24, 2.45) is 23.2 Å². The van der Waals surface area contributed by atoms with Crippen LogP contribution in [0.3, 0.4) is 0 Å². The van der Waals surface area contributed by atoms with E-state index in [4.69, 9.17) is 5.11 Å². The summed E-state index contributed by atoms with van der Waals surface area (Å²) in [5, 5.41) is 19.1. The second-order valence-electron chi connectivity index (χ2n) is 13.6. The van der Waals surface area contributed by atoms with Crippen LogP contribution in [0.15, 0.2) is 0 Å². The third-order valence-corrected chi connectivity index (χ3v) is 9.99. The van der Waals surface area contributed by atoms with Gasteiger partial charge in [0.25, 0.3) is 0 Å². The lowest BCUT2D eigenvalue weighted by Gasteiger charge is -2.39. The Morgan fingerprint density at radius 3 is 1.41 bits per heavy atom. The summed E-state index contributed by atoms with van der Waals surface area (Å²) >= 11 is 0. The second-order valence-corrected chi connectivity index (χ2v) is 13.6. The summed E-state index contributed by atoms with van der Waals surface area (Å²) in [7, 11) is 0. The molecule has 0 saturated heterocycles. The highest BCUT2D eigenvalue weighted by Crippen LogP contribution is 2.45. The molecule has 244 valence electrons. The van der Waals surface area contributed by atoms with E-state index >= 15 is 0 Å². The Hall–Kier alpha value is -1.06. The Bertz CT molecular complexity index is 618. The number of carboxylic acids is 2. The third kappa shape index (κ3) is 21.3. The molecule has 0 amide bonds. The van der Waals surface area contributed by atoms with Gasteiger partial charge in [-0.3, -0.25) is 9.59 Å². The highest BCUT2D eigenvalue weighted by molar-refractivity contribution is 5.71. The molecule has 0 aliphatic rings. The average Bonchev–Trinajstić information content (AvgIpc) is 2.94. The molecule has 0 aromatic carbocycles. The van der Waals surface area contributed by atoms with Gasteiger partial charge < -0.3 is 10.2 Å². The molecule has 0 bridgehead atoms. The lowest BCUT2D eigenvalue weighted by atomic mass is 9.65. The molecule has 4 atom stereocenters. The predicted octanol–water partition coefficient (Wildman–Crippen LogP) is 12.2. The number of carbonyl (C=O) groups is 2. The molecule has 4 unspecified atom stereocenters. The molecule has 4 nitrogen and oxygen atoms in total. The molecule has 0 heterocycles. The van der Waals surface area contributed by atoms with Gasteiger partial charge in [-0.05, 0) is 49.4 Å². The summed E-state index contributed by atoms with van der Waals surface area (Å²) in [5.41, 5.74) is -0.101. The summed E-state index contributed by atoms with van der Waals surface area (Å²) in [6.07, 6.45) is 29.9. The molecule has 0 aromatic heterocycles. The van der Waals surface area contributed by atoms with E-state index in [0.29, 0.717) is 12.3 Å². The lowest BCUT2D eigenvalue weighted by Crippen LogP contribution is -2.36. The van der Waals surface area contributed by atoms with Crippen LogP contribution in [-0.4, -0.2) is 22.2 Å². The number of hydrogen-bond acceptors (Lipinski definition) is 2. The topological polar surface area (TPSA) is 74.6 Å². The molecule has 0 saturated carbocycles. The molecule has 0 rings (SSSR count). The molecule has 0 fully saturated rings. The lowest BCUT2D eigenvalue weighted by molar-refractivity contribution is -0.148. The fraction of sp³-hybridized carbons (Fsp3) is 0.946. The molecule has 0 aromatic rings. The molecule has 0 radical (unpaired) electrons. The van der Waals surface area contributed by atoms with Crippen LogP contribution in [0.1, 0.15) is 202 Å². The first kappa shape index (κ1) is 39.9. The summed E-state index contributed by atoms with van der Waals surface area (Å²) < 4.78 is 0. The van der Waals surface area contributed by atoms with E-state index < -0.39 is 11.9 Å². The number of aliphatic carboxylic acids is 2. The largest absolute Gasteiger partial charge is 0.481 e. The minimum Gasteiger partial charge on any atom is -0.481 e. The molecular weight excluding hydrogens is 508 g/mol. The van der Waals surface area contributed by atoms with Crippen LogP contribution in [0, 0.1) is 23.2 Å². The minimum absolute atomic E-state index is 0.101. The van der Waals surface area contributed by atoms with Gasteiger partial charge in [-0.25, -0.2) is 0 Å². The van der Waals surface area contributed by atoms with E-state index in [-0.39, 0.29) is 11.3 Å². The first-order chi connectivity index (χ1) is 19.7. The molecule has 0 spiro atoms. The molecule has 0 aliphatic carbocycles. The SMILES string of the molecule is CCCCC(CC)CCC(C)(CC(CC)CCCC)C(CCCCCCCCCCCCCCCC(=O)O)C(=O)O. The summed E-state index contributed by atoms with van der Waals surface area (Å²) in [5.74, 6) is -0.0589. The molecule has 41 heavy (non-hydrogen) atoms. The normalized spacial score (nSPS) is 15.3. The summed E-state index contributed by atoms with van der Waals surface area (Å²) in [6, 6.07) is 0. The Morgan fingerprint density at radius 2 is 1.00 bits per heavy atom. The van der Waals surface area contributed by atoms with E-state index in [0.717, 1.165) is 50.9 Å². The maximum Gasteiger partial charge on any atom is 0.307 e. The first-order valence-electron chi connectivity index (χ1n) is 18.2. The van der Waals surface area contributed by atoms with Gasteiger partial charge in [0, 0.05) is 6.42 Å². The number of hydrogen-bond donors (Lipinski definition) is 2. The standard InChI is InChI=1S/C37H72O4/c1-6-10-25-32(8-3)29-30-37(5,31-33(9-4)26-11-7-2)34(36(40)41)27-23-21-19-17-15-13-12-14-16-18-20-22-24-28-35(38)39/h32-34H,6-31H2,1-5H3,(H,38,39)(H,40,41). The van der Waals surface area contributed by atoms with Crippen molar-refractivity contribution >= 4 is 11.9 Å². The Labute approximate surface area is 256 Å². The Kier molecular flexibility index (Phi) is 25.9. The van der Waals surface area contributed by atoms with Crippen molar-refractivity contribution in [2.75, 3.05) is 0 Å². The van der Waals surface area contributed by atoms with Crippen LogP contribution in [-0.2, 0) is 9.59 Å². The predicted molar refractivity (Wildman–Crippen MR) is 177 cm³/mol. The highest BCUT2D eigenvalue weighted by atomic mass is 16.4. The zero-order chi connectivity index (χ0) is 30.8. The van der Waals surface area contributed by atoms with Crippen molar-refractivity contribution in [1.82, 2.24) is 0 Å². The van der Waals surface area contributed by atoms with Crippen LogP contribution in [0.4, 0.5) is 0 Å². The zero-order valence-electron chi connectivity index (χ0n) is 28.3. The highest BCUT2D eigenvalue weighted by Gasteiger charge is 2.40. The van der Waals surface area contributed by atoms with Gasteiger partial charge in [-0.2, -0.15) is 0 Å². The zero-order valence-corrected chi connectivity index (χ0v) is 28.3. The third-order valence-electron chi connectivity index (χ3n) is 9.99. The Morgan fingerprint density at radius 1 is 0.561 bits per heavy atom. The van der Waals surface area contributed by atoms with Crippen LogP contribution in [0.25, 0.3) is 0 Å². The van der Waals surface area contributed by atoms with Crippen LogP contribution >= 0.6 is 0 Å². The van der Waals surface area contributed by atoms with Crippen molar-refractivity contribution < 1.29 is 19.8 Å². The van der Waals surface area contributed by atoms with E-state index in [2.05, 4.69) is 34.6 Å². The van der Waals surface area contributed by atoms with Crippen LogP contribution in [0.5, 0.6) is 0 Å². The summed E-state index contributed by atoms with van der Waals surface area (Å²) in [6.45, 7) is 11.5. The maximum absolute atomic E-state index is 12.7. The van der Waals surface area contributed by atoms with E-state index in [1.54, 1.807) is 0 Å². The van der Waals surface area contributed by atoms with E-state index in [9.17, 15) is 14.7 Å². The molecule has 2 N–H and O–H groups in total. The van der Waals surface area contributed by atoms with E-state index in [1.807, 2.05) is 0 Å². The van der Waals surface area contributed by atoms with Gasteiger partial charge in [-0.1, -0.05) is 163 Å². The van der Waals surface area contributed by atoms with Gasteiger partial charge in [0.2, 0.25) is 0 Å². The Balaban J connectivity index is 4.59. The minimum atomic E-state index is -0.675. The number of rotatable bonds is 31. The maximum atomic E-state index is 12.7. The first-order valence-corrected chi connectivity index (χ1v) is 18.2. The second kappa shape index (κ2) is 26.6.